The van der Waals surface area contributed by atoms with Crippen molar-refractivity contribution in [1.82, 2.24) is 0 Å². The van der Waals surface area contributed by atoms with Gasteiger partial charge in [-0.05, 0) is 13.3 Å². The van der Waals surface area contributed by atoms with Gasteiger partial charge in [-0.15, -0.1) is 0 Å². The van der Waals surface area contributed by atoms with E-state index in [-0.39, 0.29) is 6.61 Å². The van der Waals surface area contributed by atoms with E-state index in [2.05, 4.69) is 11.5 Å². The number of hydrogen-bond acceptors (Lipinski definition) is 5. The van der Waals surface area contributed by atoms with Crippen LogP contribution in [-0.2, 0) is 18.2 Å². The Morgan fingerprint density at radius 1 is 0.800 bits per heavy atom. The summed E-state index contributed by atoms with van der Waals surface area (Å²) in [4.78, 5) is 0. The van der Waals surface area contributed by atoms with Crippen LogP contribution in [0.25, 0.3) is 0 Å². The first-order chi connectivity index (χ1) is 9.68. The first-order valence-corrected chi connectivity index (χ1v) is 9.42. The highest BCUT2D eigenvalue weighted by Crippen LogP contribution is 2.47. The number of nitrogens with two attached hydrogens (primary N) is 1. The van der Waals surface area contributed by atoms with Crippen LogP contribution in [0, 0.1) is 0 Å². The number of unbranched alkanes of at least 4 members (excludes halogenated alkanes) is 9. The molecule has 0 aromatic carbocycles. The number of rotatable bonds is 15. The van der Waals surface area contributed by atoms with Gasteiger partial charge in [0.1, 0.15) is 0 Å². The molecule has 0 saturated carbocycles. The van der Waals surface area contributed by atoms with Crippen LogP contribution in [0.3, 0.4) is 0 Å². The fourth-order valence-corrected chi connectivity index (χ4v) is 2.89. The molecule has 20 heavy (non-hydrogen) atoms. The zero-order valence-corrected chi connectivity index (χ0v) is 14.0. The molecule has 0 saturated heterocycles. The van der Waals surface area contributed by atoms with E-state index in [4.69, 9.17) is 14.9 Å². The van der Waals surface area contributed by atoms with Crippen molar-refractivity contribution in [3.05, 3.63) is 0 Å². The highest BCUT2D eigenvalue weighted by Gasteiger charge is 2.24. The largest absolute Gasteiger partial charge is 0.491 e. The lowest BCUT2D eigenvalue weighted by Gasteiger charge is -2.13. The molecule has 0 amide bonds. The Labute approximate surface area is 124 Å². The quantitative estimate of drug-likeness (QED) is 0.263. The minimum Gasteiger partial charge on any atom is -0.286 e. The summed E-state index contributed by atoms with van der Waals surface area (Å²) in [5.41, 5.74) is 0. The third kappa shape index (κ3) is 11.9. The fraction of sp³-hybridized carbons (Fsp3) is 1.00. The van der Waals surface area contributed by atoms with Crippen LogP contribution < -0.4 is 5.90 Å². The second-order valence-electron chi connectivity index (χ2n) is 4.99. The van der Waals surface area contributed by atoms with E-state index in [9.17, 15) is 4.57 Å². The molecule has 0 aromatic heterocycles. The van der Waals surface area contributed by atoms with Gasteiger partial charge in [-0.2, -0.15) is 0 Å². The van der Waals surface area contributed by atoms with Crippen LogP contribution in [0.1, 0.15) is 78.1 Å². The molecule has 0 aliphatic carbocycles. The van der Waals surface area contributed by atoms with E-state index in [1.54, 1.807) is 6.92 Å². The number of phosphoric acid groups is 1. The van der Waals surface area contributed by atoms with E-state index >= 15 is 0 Å². The second-order valence-corrected chi connectivity index (χ2v) is 6.61. The SMILES string of the molecule is CCCCCCCCCCCCOP(=O)(ON)OCC. The van der Waals surface area contributed by atoms with Crippen LogP contribution >= 0.6 is 7.82 Å². The van der Waals surface area contributed by atoms with E-state index in [0.717, 1.165) is 12.8 Å². The van der Waals surface area contributed by atoms with Gasteiger partial charge in [-0.3, -0.25) is 9.05 Å². The number of hydrogen-bond donors (Lipinski definition) is 1. The van der Waals surface area contributed by atoms with Gasteiger partial charge in [-0.25, -0.2) is 15.1 Å². The Bertz CT molecular complexity index is 251. The molecule has 1 unspecified atom stereocenters. The van der Waals surface area contributed by atoms with E-state index in [0.29, 0.717) is 6.61 Å². The standard InChI is InChI=1S/C14H32NO4P/c1-3-5-6-7-8-9-10-11-12-13-14-18-20(16,19-15)17-4-2/h3-15H2,1-2H3. The Morgan fingerprint density at radius 2 is 1.30 bits per heavy atom. The minimum absolute atomic E-state index is 0.256. The summed E-state index contributed by atoms with van der Waals surface area (Å²) in [7, 11) is -3.50. The monoisotopic (exact) mass is 309 g/mol. The average molecular weight is 309 g/mol. The lowest BCUT2D eigenvalue weighted by molar-refractivity contribution is 0.116. The van der Waals surface area contributed by atoms with Crippen molar-refractivity contribution < 1.29 is 18.2 Å². The zero-order chi connectivity index (χ0) is 15.1. The smallest absolute Gasteiger partial charge is 0.286 e. The van der Waals surface area contributed by atoms with Crippen molar-refractivity contribution in [3.63, 3.8) is 0 Å². The highest BCUT2D eigenvalue weighted by molar-refractivity contribution is 7.48. The summed E-state index contributed by atoms with van der Waals surface area (Å²) in [5.74, 6) is 4.91. The normalized spacial score (nSPS) is 14.3. The van der Waals surface area contributed by atoms with Gasteiger partial charge >= 0.3 is 7.82 Å². The van der Waals surface area contributed by atoms with Crippen molar-refractivity contribution in [2.24, 2.45) is 5.90 Å². The molecule has 0 heterocycles. The maximum absolute atomic E-state index is 11.7. The minimum atomic E-state index is -3.50. The van der Waals surface area contributed by atoms with Crippen LogP contribution in [-0.4, -0.2) is 13.2 Å². The fourth-order valence-electron chi connectivity index (χ4n) is 2.02. The molecule has 0 fully saturated rings. The Morgan fingerprint density at radius 3 is 1.75 bits per heavy atom. The predicted octanol–water partition coefficient (Wildman–Crippen LogP) is 4.96. The summed E-state index contributed by atoms with van der Waals surface area (Å²) in [6, 6.07) is 0. The molecule has 0 aliphatic heterocycles. The first-order valence-electron chi connectivity index (χ1n) is 7.96. The Balaban J connectivity index is 3.30. The van der Waals surface area contributed by atoms with Crippen molar-refractivity contribution in [2.75, 3.05) is 13.2 Å². The molecule has 0 radical (unpaired) electrons. The molecule has 6 heteroatoms. The Hall–Kier alpha value is 0.0700. The summed E-state index contributed by atoms with van der Waals surface area (Å²) in [6.45, 7) is 4.58. The Kier molecular flexibility index (Phi) is 14.1. The molecule has 0 aliphatic rings. The molecular weight excluding hydrogens is 277 g/mol. The van der Waals surface area contributed by atoms with Gasteiger partial charge in [0.2, 0.25) is 0 Å². The van der Waals surface area contributed by atoms with Gasteiger partial charge in [0.25, 0.3) is 0 Å². The van der Waals surface area contributed by atoms with E-state index in [1.807, 2.05) is 0 Å². The molecule has 122 valence electrons. The molecular formula is C14H32NO4P. The van der Waals surface area contributed by atoms with Gasteiger partial charge in [0, 0.05) is 0 Å². The van der Waals surface area contributed by atoms with E-state index < -0.39 is 7.82 Å². The third-order valence-electron chi connectivity index (χ3n) is 3.16. The van der Waals surface area contributed by atoms with Crippen LogP contribution in [0.2, 0.25) is 0 Å². The van der Waals surface area contributed by atoms with Crippen LogP contribution in [0.15, 0.2) is 0 Å². The van der Waals surface area contributed by atoms with Crippen molar-refractivity contribution in [3.8, 4) is 0 Å². The van der Waals surface area contributed by atoms with Gasteiger partial charge in [0.05, 0.1) is 13.2 Å². The molecule has 0 bridgehead atoms. The van der Waals surface area contributed by atoms with E-state index in [1.165, 1.54) is 51.4 Å². The van der Waals surface area contributed by atoms with Gasteiger partial charge in [-0.1, -0.05) is 64.7 Å². The topological polar surface area (TPSA) is 70.8 Å². The highest BCUT2D eigenvalue weighted by atomic mass is 31.2. The average Bonchev–Trinajstić information content (AvgIpc) is 2.45. The number of phosphoric ester groups is 1. The van der Waals surface area contributed by atoms with Crippen molar-refractivity contribution in [2.45, 2.75) is 78.1 Å². The lowest BCUT2D eigenvalue weighted by atomic mass is 10.1. The lowest BCUT2D eigenvalue weighted by Crippen LogP contribution is -2.05. The van der Waals surface area contributed by atoms with Crippen molar-refractivity contribution in [1.29, 1.82) is 0 Å². The maximum Gasteiger partial charge on any atom is 0.491 e. The molecule has 1 atom stereocenters. The zero-order valence-electron chi connectivity index (χ0n) is 13.1. The predicted molar refractivity (Wildman–Crippen MR) is 82.3 cm³/mol. The van der Waals surface area contributed by atoms with Crippen LogP contribution in [0.4, 0.5) is 0 Å². The maximum atomic E-state index is 11.7. The molecule has 5 nitrogen and oxygen atoms in total. The summed E-state index contributed by atoms with van der Waals surface area (Å²) < 4.78 is 25.9. The summed E-state index contributed by atoms with van der Waals surface area (Å²) >= 11 is 0. The van der Waals surface area contributed by atoms with Gasteiger partial charge in [0.15, 0.2) is 0 Å². The van der Waals surface area contributed by atoms with Crippen LogP contribution in [0.5, 0.6) is 0 Å². The first kappa shape index (κ1) is 20.1. The summed E-state index contributed by atoms with van der Waals surface area (Å²) in [5, 5.41) is 0. The molecule has 0 aromatic rings. The molecule has 2 N–H and O–H groups in total. The van der Waals surface area contributed by atoms with Crippen molar-refractivity contribution >= 4 is 7.82 Å². The second kappa shape index (κ2) is 14.0. The third-order valence-corrected chi connectivity index (χ3v) is 4.50. The summed E-state index contributed by atoms with van der Waals surface area (Å²) in [6.07, 6.45) is 12.5. The molecule has 0 rings (SSSR count). The van der Waals surface area contributed by atoms with Gasteiger partial charge < -0.3 is 0 Å². The molecule has 0 spiro atoms.